The van der Waals surface area contributed by atoms with Crippen molar-refractivity contribution < 1.29 is 28.6 Å². The van der Waals surface area contributed by atoms with Gasteiger partial charge in [0.1, 0.15) is 5.56 Å². The van der Waals surface area contributed by atoms with Gasteiger partial charge >= 0.3 is 5.97 Å². The van der Waals surface area contributed by atoms with E-state index in [1.807, 2.05) is 13.8 Å². The van der Waals surface area contributed by atoms with Crippen LogP contribution in [0.25, 0.3) is 5.69 Å². The molecule has 2 amide bonds. The van der Waals surface area contributed by atoms with Crippen LogP contribution in [0, 0.1) is 6.92 Å². The smallest absolute Gasteiger partial charge is 0.341 e. The Morgan fingerprint density at radius 3 is 2.20 bits per heavy atom. The highest BCUT2D eigenvalue weighted by Gasteiger charge is 2.17. The van der Waals surface area contributed by atoms with Gasteiger partial charge in [0.2, 0.25) is 0 Å². The Balaban J connectivity index is 1.64. The van der Waals surface area contributed by atoms with E-state index >= 15 is 0 Å². The van der Waals surface area contributed by atoms with Crippen molar-refractivity contribution in [3.8, 4) is 17.2 Å². The third-order valence-electron chi connectivity index (χ3n) is 4.96. The molecule has 0 atom stereocenters. The SMILES string of the molecule is CCOC(=O)c1cnn(-c2ccc(C(=O)NNC(=O)c3ccc(OC(C)C)c(OC)c3)cc2)c1C. The molecule has 2 aromatic carbocycles. The Kier molecular flexibility index (Phi) is 8.08. The predicted octanol–water partition coefficient (Wildman–Crippen LogP) is 3.23. The predicted molar refractivity (Wildman–Crippen MR) is 128 cm³/mol. The lowest BCUT2D eigenvalue weighted by Crippen LogP contribution is -2.41. The third kappa shape index (κ3) is 5.97. The number of nitrogens with one attached hydrogen (secondary N) is 2. The second-order valence-corrected chi connectivity index (χ2v) is 7.76. The van der Waals surface area contributed by atoms with Crippen molar-refractivity contribution in [2.45, 2.75) is 33.8 Å². The summed E-state index contributed by atoms with van der Waals surface area (Å²) in [7, 11) is 1.48. The van der Waals surface area contributed by atoms with Crippen molar-refractivity contribution >= 4 is 17.8 Å². The fraction of sp³-hybridized carbons (Fsp3) is 0.280. The highest BCUT2D eigenvalue weighted by molar-refractivity contribution is 5.99. The summed E-state index contributed by atoms with van der Waals surface area (Å²) in [6, 6.07) is 11.3. The fourth-order valence-corrected chi connectivity index (χ4v) is 3.25. The van der Waals surface area contributed by atoms with Crippen LogP contribution in [-0.2, 0) is 4.74 Å². The molecule has 3 aromatic rings. The Morgan fingerprint density at radius 2 is 1.60 bits per heavy atom. The Labute approximate surface area is 203 Å². The van der Waals surface area contributed by atoms with Gasteiger partial charge in [-0.15, -0.1) is 0 Å². The maximum atomic E-state index is 12.5. The maximum Gasteiger partial charge on any atom is 0.341 e. The van der Waals surface area contributed by atoms with Gasteiger partial charge in [0, 0.05) is 11.1 Å². The Hall–Kier alpha value is -4.34. The Bertz CT molecular complexity index is 1220. The van der Waals surface area contributed by atoms with Gasteiger partial charge in [-0.05, 0) is 70.2 Å². The number of benzene rings is 2. The van der Waals surface area contributed by atoms with Gasteiger partial charge in [-0.25, -0.2) is 9.48 Å². The number of rotatable bonds is 8. The molecule has 1 aromatic heterocycles. The number of ether oxygens (including phenoxy) is 3. The zero-order chi connectivity index (χ0) is 25.5. The van der Waals surface area contributed by atoms with Crippen LogP contribution >= 0.6 is 0 Å². The van der Waals surface area contributed by atoms with E-state index in [2.05, 4.69) is 16.0 Å². The number of methoxy groups -OCH3 is 1. The van der Waals surface area contributed by atoms with Gasteiger partial charge in [-0.3, -0.25) is 20.4 Å². The standard InChI is InChI=1S/C25H28N4O6/c1-6-34-25(32)20-14-26-29(16(20)4)19-10-7-17(8-11-19)23(30)27-28-24(31)18-9-12-21(35-15(2)3)22(13-18)33-5/h7-15H,6H2,1-5H3,(H,27,30)(H,28,31). The number of esters is 1. The molecular formula is C25H28N4O6. The molecule has 0 unspecified atom stereocenters. The number of hydrogen-bond donors (Lipinski definition) is 2. The van der Waals surface area contributed by atoms with E-state index in [1.54, 1.807) is 54.9 Å². The molecule has 3 rings (SSSR count). The minimum atomic E-state index is -0.511. The van der Waals surface area contributed by atoms with Gasteiger partial charge in [-0.1, -0.05) is 0 Å². The summed E-state index contributed by atoms with van der Waals surface area (Å²) in [5.41, 5.74) is 7.05. The highest BCUT2D eigenvalue weighted by Crippen LogP contribution is 2.29. The van der Waals surface area contributed by atoms with Gasteiger partial charge < -0.3 is 14.2 Å². The van der Waals surface area contributed by atoms with E-state index in [1.165, 1.54) is 19.4 Å². The summed E-state index contributed by atoms with van der Waals surface area (Å²) in [6.45, 7) is 7.54. The molecule has 0 aliphatic heterocycles. The maximum absolute atomic E-state index is 12.5. The van der Waals surface area contributed by atoms with Crippen LogP contribution in [0.15, 0.2) is 48.7 Å². The Morgan fingerprint density at radius 1 is 0.971 bits per heavy atom. The highest BCUT2D eigenvalue weighted by atomic mass is 16.5. The van der Waals surface area contributed by atoms with E-state index in [9.17, 15) is 14.4 Å². The van der Waals surface area contributed by atoms with Crippen LogP contribution in [0.2, 0.25) is 0 Å². The van der Waals surface area contributed by atoms with Gasteiger partial charge in [-0.2, -0.15) is 5.10 Å². The average molecular weight is 481 g/mol. The molecule has 0 radical (unpaired) electrons. The van der Waals surface area contributed by atoms with Crippen molar-refractivity contribution in [3.05, 3.63) is 71.0 Å². The molecule has 1 heterocycles. The van der Waals surface area contributed by atoms with Gasteiger partial charge in [0.25, 0.3) is 11.8 Å². The zero-order valence-electron chi connectivity index (χ0n) is 20.2. The number of carbonyl (C=O) groups excluding carboxylic acids is 3. The van der Waals surface area contributed by atoms with E-state index in [0.717, 1.165) is 0 Å². The largest absolute Gasteiger partial charge is 0.493 e. The molecule has 10 heteroatoms. The monoisotopic (exact) mass is 480 g/mol. The van der Waals surface area contributed by atoms with Crippen LogP contribution in [0.1, 0.15) is 57.5 Å². The lowest BCUT2D eigenvalue weighted by molar-refractivity contribution is 0.0525. The van der Waals surface area contributed by atoms with Crippen molar-refractivity contribution in [2.24, 2.45) is 0 Å². The van der Waals surface area contributed by atoms with E-state index in [0.29, 0.717) is 39.6 Å². The first-order chi connectivity index (χ1) is 16.7. The van der Waals surface area contributed by atoms with E-state index < -0.39 is 17.8 Å². The quantitative estimate of drug-likeness (QED) is 0.375. The molecule has 0 fully saturated rings. The number of nitrogens with zero attached hydrogens (tertiary/aromatic N) is 2. The van der Waals surface area contributed by atoms with Crippen molar-refractivity contribution in [1.29, 1.82) is 0 Å². The minimum Gasteiger partial charge on any atom is -0.493 e. The van der Waals surface area contributed by atoms with Crippen LogP contribution in [0.3, 0.4) is 0 Å². The topological polar surface area (TPSA) is 121 Å². The molecule has 0 aliphatic carbocycles. The van der Waals surface area contributed by atoms with E-state index in [4.69, 9.17) is 14.2 Å². The number of hydrogen-bond acceptors (Lipinski definition) is 7. The van der Waals surface area contributed by atoms with Crippen LogP contribution in [0.5, 0.6) is 11.5 Å². The molecule has 10 nitrogen and oxygen atoms in total. The van der Waals surface area contributed by atoms with Crippen molar-refractivity contribution in [3.63, 3.8) is 0 Å². The number of aromatic nitrogens is 2. The van der Waals surface area contributed by atoms with Crippen LogP contribution < -0.4 is 20.3 Å². The average Bonchev–Trinajstić information content (AvgIpc) is 3.23. The molecule has 184 valence electrons. The van der Waals surface area contributed by atoms with Gasteiger partial charge in [0.15, 0.2) is 11.5 Å². The lowest BCUT2D eigenvalue weighted by atomic mass is 10.2. The lowest BCUT2D eigenvalue weighted by Gasteiger charge is -2.14. The number of hydrazine groups is 1. The molecule has 0 aliphatic rings. The summed E-state index contributed by atoms with van der Waals surface area (Å²) in [6.07, 6.45) is 1.39. The summed E-state index contributed by atoms with van der Waals surface area (Å²) >= 11 is 0. The number of amides is 2. The molecule has 0 saturated carbocycles. The molecule has 0 saturated heterocycles. The van der Waals surface area contributed by atoms with Crippen molar-refractivity contribution in [1.82, 2.24) is 20.6 Å². The second-order valence-electron chi connectivity index (χ2n) is 7.76. The molecule has 0 bridgehead atoms. The molecule has 0 spiro atoms. The first kappa shape index (κ1) is 25.3. The van der Waals surface area contributed by atoms with Gasteiger partial charge in [0.05, 0.1) is 37.4 Å². The first-order valence-corrected chi connectivity index (χ1v) is 11.0. The van der Waals surface area contributed by atoms with Crippen molar-refractivity contribution in [2.75, 3.05) is 13.7 Å². The zero-order valence-corrected chi connectivity index (χ0v) is 20.2. The molecule has 35 heavy (non-hydrogen) atoms. The molecular weight excluding hydrogens is 452 g/mol. The summed E-state index contributed by atoms with van der Waals surface area (Å²) in [5.74, 6) is -0.523. The summed E-state index contributed by atoms with van der Waals surface area (Å²) in [5, 5.41) is 4.23. The number of carbonyl (C=O) groups is 3. The fourth-order valence-electron chi connectivity index (χ4n) is 3.25. The summed E-state index contributed by atoms with van der Waals surface area (Å²) in [4.78, 5) is 37.0. The van der Waals surface area contributed by atoms with E-state index in [-0.39, 0.29) is 12.7 Å². The first-order valence-electron chi connectivity index (χ1n) is 11.0. The molecule has 2 N–H and O–H groups in total. The normalized spacial score (nSPS) is 10.6. The van der Waals surface area contributed by atoms with Crippen LogP contribution in [0.4, 0.5) is 0 Å². The minimum absolute atomic E-state index is 0.0499. The van der Waals surface area contributed by atoms with Crippen LogP contribution in [-0.4, -0.2) is 47.4 Å². The third-order valence-corrected chi connectivity index (χ3v) is 4.96. The summed E-state index contributed by atoms with van der Waals surface area (Å²) < 4.78 is 17.5. The second kappa shape index (κ2) is 11.2.